The van der Waals surface area contributed by atoms with Crippen molar-refractivity contribution in [2.75, 3.05) is 0 Å². The summed E-state index contributed by atoms with van der Waals surface area (Å²) in [6.45, 7) is 2.82. The lowest BCUT2D eigenvalue weighted by atomic mass is 9.70. The predicted octanol–water partition coefficient (Wildman–Crippen LogP) is 1.31. The Hall–Kier alpha value is -0.830. The van der Waals surface area contributed by atoms with Crippen LogP contribution in [0.5, 0.6) is 0 Å². The highest BCUT2D eigenvalue weighted by molar-refractivity contribution is 5.14. The third kappa shape index (κ3) is 1.05. The number of hydrogen-bond donors (Lipinski definition) is 2. The largest absolute Gasteiger partial charge is 0.344 e. The van der Waals surface area contributed by atoms with E-state index in [1.807, 2.05) is 6.20 Å². The Morgan fingerprint density at radius 2 is 2.42 bits per heavy atom. The van der Waals surface area contributed by atoms with Crippen LogP contribution in [0.25, 0.3) is 0 Å². The van der Waals surface area contributed by atoms with Crippen molar-refractivity contribution in [1.29, 1.82) is 0 Å². The van der Waals surface area contributed by atoms with Crippen molar-refractivity contribution in [2.24, 2.45) is 5.73 Å². The average molecular weight is 165 g/mol. The van der Waals surface area contributed by atoms with Crippen LogP contribution in [-0.4, -0.2) is 9.97 Å². The molecule has 1 aliphatic carbocycles. The molecule has 0 unspecified atom stereocenters. The van der Waals surface area contributed by atoms with Crippen molar-refractivity contribution in [1.82, 2.24) is 9.97 Å². The van der Waals surface area contributed by atoms with Crippen LogP contribution in [0, 0.1) is 0 Å². The zero-order valence-corrected chi connectivity index (χ0v) is 7.43. The maximum absolute atomic E-state index is 5.49. The molecule has 3 N–H and O–H groups in total. The van der Waals surface area contributed by atoms with Gasteiger partial charge < -0.3 is 10.7 Å². The monoisotopic (exact) mass is 165 g/mol. The second kappa shape index (κ2) is 2.59. The van der Waals surface area contributed by atoms with Crippen molar-refractivity contribution in [3.8, 4) is 0 Å². The Morgan fingerprint density at radius 3 is 2.83 bits per heavy atom. The van der Waals surface area contributed by atoms with Crippen LogP contribution in [0.2, 0.25) is 0 Å². The molecule has 1 aromatic heterocycles. The lowest BCUT2D eigenvalue weighted by Gasteiger charge is -2.36. The van der Waals surface area contributed by atoms with Crippen molar-refractivity contribution < 1.29 is 0 Å². The number of H-pyrrole nitrogens is 1. The first kappa shape index (κ1) is 7.80. The van der Waals surface area contributed by atoms with E-state index >= 15 is 0 Å². The first-order valence-electron chi connectivity index (χ1n) is 4.49. The minimum absolute atomic E-state index is 0.313. The SMILES string of the molecule is CC1(c2ncc(CN)[nH]2)CCC1. The van der Waals surface area contributed by atoms with Gasteiger partial charge in [0, 0.05) is 23.9 Å². The molecule has 0 aromatic carbocycles. The van der Waals surface area contributed by atoms with Crippen LogP contribution < -0.4 is 5.73 Å². The van der Waals surface area contributed by atoms with E-state index in [0.717, 1.165) is 11.5 Å². The summed E-state index contributed by atoms with van der Waals surface area (Å²) < 4.78 is 0. The average Bonchev–Trinajstić information content (AvgIpc) is 2.48. The number of aromatic amines is 1. The second-order valence-corrected chi connectivity index (χ2v) is 3.88. The van der Waals surface area contributed by atoms with Crippen molar-refractivity contribution in [3.63, 3.8) is 0 Å². The Kier molecular flexibility index (Phi) is 1.68. The summed E-state index contributed by atoms with van der Waals surface area (Å²) in [6.07, 6.45) is 5.68. The summed E-state index contributed by atoms with van der Waals surface area (Å²) in [5, 5.41) is 0. The lowest BCUT2D eigenvalue weighted by molar-refractivity contribution is 0.258. The summed E-state index contributed by atoms with van der Waals surface area (Å²) >= 11 is 0. The molecule has 1 fully saturated rings. The molecule has 3 heteroatoms. The Morgan fingerprint density at radius 1 is 1.67 bits per heavy atom. The van der Waals surface area contributed by atoms with Gasteiger partial charge in [0.25, 0.3) is 0 Å². The fourth-order valence-corrected chi connectivity index (χ4v) is 1.71. The summed E-state index contributed by atoms with van der Waals surface area (Å²) in [4.78, 5) is 7.61. The molecule has 12 heavy (non-hydrogen) atoms. The van der Waals surface area contributed by atoms with E-state index in [4.69, 9.17) is 5.73 Å². The molecule has 0 atom stereocenters. The summed E-state index contributed by atoms with van der Waals surface area (Å²) in [6, 6.07) is 0. The van der Waals surface area contributed by atoms with Crippen molar-refractivity contribution in [3.05, 3.63) is 17.7 Å². The fraction of sp³-hybridized carbons (Fsp3) is 0.667. The first-order chi connectivity index (χ1) is 5.74. The van der Waals surface area contributed by atoms with Gasteiger partial charge in [0.2, 0.25) is 0 Å². The third-order valence-electron chi connectivity index (χ3n) is 2.88. The maximum Gasteiger partial charge on any atom is 0.112 e. The van der Waals surface area contributed by atoms with E-state index in [1.54, 1.807) is 0 Å². The zero-order chi connectivity index (χ0) is 8.60. The smallest absolute Gasteiger partial charge is 0.112 e. The standard InChI is InChI=1S/C9H15N3/c1-9(3-2-4-9)8-11-6-7(5-10)12-8/h6H,2-5,10H2,1H3,(H,11,12). The fourth-order valence-electron chi connectivity index (χ4n) is 1.71. The summed E-state index contributed by atoms with van der Waals surface area (Å²) in [5.41, 5.74) is 6.85. The summed E-state index contributed by atoms with van der Waals surface area (Å²) in [7, 11) is 0. The second-order valence-electron chi connectivity index (χ2n) is 3.88. The van der Waals surface area contributed by atoms with Gasteiger partial charge in [-0.05, 0) is 12.8 Å². The number of nitrogens with two attached hydrogens (primary N) is 1. The zero-order valence-electron chi connectivity index (χ0n) is 7.43. The van der Waals surface area contributed by atoms with Gasteiger partial charge in [0.15, 0.2) is 0 Å². The molecular weight excluding hydrogens is 150 g/mol. The lowest BCUT2D eigenvalue weighted by Crippen LogP contribution is -2.31. The normalized spacial score (nSPS) is 20.5. The third-order valence-corrected chi connectivity index (χ3v) is 2.88. The summed E-state index contributed by atoms with van der Waals surface area (Å²) in [5.74, 6) is 1.12. The number of hydrogen-bond acceptors (Lipinski definition) is 2. The van der Waals surface area contributed by atoms with Crippen LogP contribution >= 0.6 is 0 Å². The van der Waals surface area contributed by atoms with Gasteiger partial charge in [-0.3, -0.25) is 0 Å². The quantitative estimate of drug-likeness (QED) is 0.694. The molecule has 1 aromatic rings. The van der Waals surface area contributed by atoms with Crippen molar-refractivity contribution >= 4 is 0 Å². The molecule has 1 saturated carbocycles. The van der Waals surface area contributed by atoms with E-state index in [9.17, 15) is 0 Å². The number of nitrogens with zero attached hydrogens (tertiary/aromatic N) is 1. The van der Waals surface area contributed by atoms with Gasteiger partial charge in [0.05, 0.1) is 0 Å². The van der Waals surface area contributed by atoms with E-state index in [1.165, 1.54) is 19.3 Å². The van der Waals surface area contributed by atoms with E-state index in [2.05, 4.69) is 16.9 Å². The number of rotatable bonds is 2. The molecule has 0 radical (unpaired) electrons. The molecule has 1 heterocycles. The predicted molar refractivity (Wildman–Crippen MR) is 47.7 cm³/mol. The van der Waals surface area contributed by atoms with Gasteiger partial charge in [-0.15, -0.1) is 0 Å². The highest BCUT2D eigenvalue weighted by Crippen LogP contribution is 2.41. The van der Waals surface area contributed by atoms with Gasteiger partial charge in [-0.25, -0.2) is 4.98 Å². The Labute approximate surface area is 72.4 Å². The highest BCUT2D eigenvalue weighted by Gasteiger charge is 2.35. The Bertz CT molecular complexity index is 273. The molecule has 66 valence electrons. The van der Waals surface area contributed by atoms with E-state index < -0.39 is 0 Å². The van der Waals surface area contributed by atoms with Crippen LogP contribution in [-0.2, 0) is 12.0 Å². The first-order valence-corrected chi connectivity index (χ1v) is 4.49. The van der Waals surface area contributed by atoms with Gasteiger partial charge >= 0.3 is 0 Å². The van der Waals surface area contributed by atoms with Crippen LogP contribution in [0.4, 0.5) is 0 Å². The van der Waals surface area contributed by atoms with Gasteiger partial charge in [0.1, 0.15) is 5.82 Å². The minimum Gasteiger partial charge on any atom is -0.344 e. The molecule has 0 bridgehead atoms. The van der Waals surface area contributed by atoms with E-state index in [0.29, 0.717) is 12.0 Å². The van der Waals surface area contributed by atoms with Crippen molar-refractivity contribution in [2.45, 2.75) is 38.1 Å². The molecular formula is C9H15N3. The maximum atomic E-state index is 5.49. The number of imidazole rings is 1. The van der Waals surface area contributed by atoms with Crippen LogP contribution in [0.15, 0.2) is 6.20 Å². The highest BCUT2D eigenvalue weighted by atomic mass is 14.9. The minimum atomic E-state index is 0.313. The number of aromatic nitrogens is 2. The van der Waals surface area contributed by atoms with Gasteiger partial charge in [-0.1, -0.05) is 13.3 Å². The molecule has 0 spiro atoms. The van der Waals surface area contributed by atoms with Crippen LogP contribution in [0.3, 0.4) is 0 Å². The molecule has 1 aliphatic rings. The van der Waals surface area contributed by atoms with E-state index in [-0.39, 0.29) is 0 Å². The molecule has 0 amide bonds. The molecule has 2 rings (SSSR count). The molecule has 3 nitrogen and oxygen atoms in total. The molecule has 0 aliphatic heterocycles. The topological polar surface area (TPSA) is 54.7 Å². The Balaban J connectivity index is 2.22. The molecule has 0 saturated heterocycles. The van der Waals surface area contributed by atoms with Gasteiger partial charge in [-0.2, -0.15) is 0 Å². The van der Waals surface area contributed by atoms with Crippen LogP contribution in [0.1, 0.15) is 37.7 Å². The number of nitrogens with one attached hydrogen (secondary N) is 1.